The fourth-order valence-corrected chi connectivity index (χ4v) is 2.04. The highest BCUT2D eigenvalue weighted by Gasteiger charge is 2.33. The minimum atomic E-state index is -4.50. The molecule has 0 radical (unpaired) electrons. The van der Waals surface area contributed by atoms with E-state index in [0.29, 0.717) is 12.0 Å². The summed E-state index contributed by atoms with van der Waals surface area (Å²) in [5.41, 5.74) is 4.66. The summed E-state index contributed by atoms with van der Waals surface area (Å²) in [6.07, 6.45) is -4.09. The largest absolute Gasteiger partial charge is 0.416 e. The Bertz CT molecular complexity index is 540. The molecule has 0 unspecified atom stereocenters. The zero-order valence-corrected chi connectivity index (χ0v) is 9.83. The van der Waals surface area contributed by atoms with E-state index in [1.165, 1.54) is 6.07 Å². The second kappa shape index (κ2) is 4.56. The molecule has 4 nitrogen and oxygen atoms in total. The van der Waals surface area contributed by atoms with Crippen molar-refractivity contribution in [2.45, 2.75) is 12.6 Å². The Balaban J connectivity index is 2.36. The van der Waals surface area contributed by atoms with E-state index in [9.17, 15) is 22.8 Å². The molecule has 0 aromatic heterocycles. The van der Waals surface area contributed by atoms with Crippen molar-refractivity contribution in [1.82, 2.24) is 4.90 Å². The first-order valence-electron chi connectivity index (χ1n) is 5.57. The molecule has 2 N–H and O–H groups in total. The van der Waals surface area contributed by atoms with Crippen molar-refractivity contribution in [1.29, 1.82) is 0 Å². The summed E-state index contributed by atoms with van der Waals surface area (Å²) in [6.45, 7) is -0.00530. The van der Waals surface area contributed by atoms with E-state index in [1.807, 2.05) is 0 Å². The summed E-state index contributed by atoms with van der Waals surface area (Å²) in [4.78, 5) is 23.9. The van der Waals surface area contributed by atoms with Crippen LogP contribution in [0.25, 0.3) is 0 Å². The van der Waals surface area contributed by atoms with Crippen molar-refractivity contribution in [3.8, 4) is 0 Å². The second-order valence-electron chi connectivity index (χ2n) is 4.31. The van der Waals surface area contributed by atoms with E-state index in [4.69, 9.17) is 5.73 Å². The van der Waals surface area contributed by atoms with E-state index in [2.05, 4.69) is 0 Å². The summed E-state index contributed by atoms with van der Waals surface area (Å²) in [5, 5.41) is 0. The van der Waals surface area contributed by atoms with Gasteiger partial charge in [-0.3, -0.25) is 9.59 Å². The minimum absolute atomic E-state index is 0.0117. The number of amides is 2. The average Bonchev–Trinajstić information content (AvgIpc) is 2.31. The van der Waals surface area contributed by atoms with Crippen LogP contribution in [-0.4, -0.2) is 29.8 Å². The predicted molar refractivity (Wildman–Crippen MR) is 60.2 cm³/mol. The van der Waals surface area contributed by atoms with Gasteiger partial charge in [0.1, 0.15) is 0 Å². The van der Waals surface area contributed by atoms with E-state index in [0.717, 1.165) is 17.0 Å². The lowest BCUT2D eigenvalue weighted by Crippen LogP contribution is -2.42. The van der Waals surface area contributed by atoms with Crippen LogP contribution in [0.15, 0.2) is 18.2 Å². The van der Waals surface area contributed by atoms with Gasteiger partial charge in [0, 0.05) is 12.1 Å². The Labute approximate surface area is 107 Å². The molecule has 0 atom stereocenters. The van der Waals surface area contributed by atoms with Gasteiger partial charge in [-0.2, -0.15) is 13.2 Å². The molecule has 0 aliphatic carbocycles. The van der Waals surface area contributed by atoms with E-state index in [1.54, 1.807) is 0 Å². The zero-order valence-electron chi connectivity index (χ0n) is 9.83. The number of halogens is 3. The van der Waals surface area contributed by atoms with Gasteiger partial charge < -0.3 is 10.6 Å². The highest BCUT2D eigenvalue weighted by Crippen LogP contribution is 2.32. The number of carbonyl (C=O) groups is 2. The molecule has 1 heterocycles. The van der Waals surface area contributed by atoms with Crippen molar-refractivity contribution in [3.05, 3.63) is 34.9 Å². The van der Waals surface area contributed by atoms with Crippen LogP contribution in [0.1, 0.15) is 21.5 Å². The lowest BCUT2D eigenvalue weighted by molar-refractivity contribution is -0.137. The topological polar surface area (TPSA) is 63.4 Å². The molecule has 0 bridgehead atoms. The first-order valence-corrected chi connectivity index (χ1v) is 5.57. The minimum Gasteiger partial charge on any atom is -0.368 e. The molecule has 0 saturated heterocycles. The zero-order chi connectivity index (χ0) is 14.2. The molecular weight excluding hydrogens is 261 g/mol. The van der Waals surface area contributed by atoms with Gasteiger partial charge in [-0.05, 0) is 24.1 Å². The summed E-state index contributed by atoms with van der Waals surface area (Å²) in [6, 6.07) is 3.08. The summed E-state index contributed by atoms with van der Waals surface area (Å²) >= 11 is 0. The maximum Gasteiger partial charge on any atom is 0.416 e. The molecule has 1 aromatic carbocycles. The maximum atomic E-state index is 12.6. The third kappa shape index (κ3) is 2.69. The lowest BCUT2D eigenvalue weighted by Gasteiger charge is -2.28. The number of nitrogens with two attached hydrogens (primary N) is 1. The van der Waals surface area contributed by atoms with Crippen LogP contribution in [0.3, 0.4) is 0 Å². The molecule has 1 aromatic rings. The number of benzene rings is 1. The van der Waals surface area contributed by atoms with Crippen molar-refractivity contribution >= 4 is 11.8 Å². The molecule has 2 rings (SSSR count). The van der Waals surface area contributed by atoms with Gasteiger partial charge in [0.25, 0.3) is 5.91 Å². The van der Waals surface area contributed by atoms with E-state index in [-0.39, 0.29) is 18.7 Å². The second-order valence-corrected chi connectivity index (χ2v) is 4.31. The third-order valence-corrected chi connectivity index (χ3v) is 2.95. The molecule has 7 heteroatoms. The Morgan fingerprint density at radius 2 is 2.05 bits per heavy atom. The van der Waals surface area contributed by atoms with Gasteiger partial charge in [0.15, 0.2) is 0 Å². The number of fused-ring (bicyclic) bond motifs is 1. The van der Waals surface area contributed by atoms with Crippen LogP contribution >= 0.6 is 0 Å². The van der Waals surface area contributed by atoms with Crippen molar-refractivity contribution in [3.63, 3.8) is 0 Å². The van der Waals surface area contributed by atoms with Gasteiger partial charge in [-0.1, -0.05) is 6.07 Å². The van der Waals surface area contributed by atoms with Crippen LogP contribution in [-0.2, 0) is 17.4 Å². The SMILES string of the molecule is NC(=O)CN1CCc2ccc(C(F)(F)F)cc2C1=O. The monoisotopic (exact) mass is 272 g/mol. The normalized spacial score (nSPS) is 15.3. The average molecular weight is 272 g/mol. The lowest BCUT2D eigenvalue weighted by atomic mass is 9.96. The maximum absolute atomic E-state index is 12.6. The number of carbonyl (C=O) groups excluding carboxylic acids is 2. The van der Waals surface area contributed by atoms with Crippen molar-refractivity contribution < 1.29 is 22.8 Å². The van der Waals surface area contributed by atoms with Gasteiger partial charge in [-0.25, -0.2) is 0 Å². The van der Waals surface area contributed by atoms with Crippen LogP contribution < -0.4 is 5.73 Å². The number of nitrogens with zero attached hydrogens (tertiary/aromatic N) is 1. The van der Waals surface area contributed by atoms with Gasteiger partial charge in [-0.15, -0.1) is 0 Å². The molecular formula is C12H11F3N2O2. The number of hydrogen-bond donors (Lipinski definition) is 1. The molecule has 2 amide bonds. The fourth-order valence-electron chi connectivity index (χ4n) is 2.04. The third-order valence-electron chi connectivity index (χ3n) is 2.95. The smallest absolute Gasteiger partial charge is 0.368 e. The predicted octanol–water partition coefficient (Wildman–Crippen LogP) is 1.19. The highest BCUT2D eigenvalue weighted by molar-refractivity contribution is 5.98. The first kappa shape index (κ1) is 13.4. The van der Waals surface area contributed by atoms with Crippen LogP contribution in [0.5, 0.6) is 0 Å². The van der Waals surface area contributed by atoms with Gasteiger partial charge in [0.05, 0.1) is 12.1 Å². The highest BCUT2D eigenvalue weighted by atomic mass is 19.4. The molecule has 1 aliphatic rings. The van der Waals surface area contributed by atoms with E-state index >= 15 is 0 Å². The quantitative estimate of drug-likeness (QED) is 0.879. The Hall–Kier alpha value is -2.05. The Kier molecular flexibility index (Phi) is 3.21. The molecule has 0 spiro atoms. The van der Waals surface area contributed by atoms with Gasteiger partial charge in [0.2, 0.25) is 5.91 Å². The molecule has 1 aliphatic heterocycles. The number of alkyl halides is 3. The Morgan fingerprint density at radius 3 is 2.63 bits per heavy atom. The molecule has 19 heavy (non-hydrogen) atoms. The summed E-state index contributed by atoms with van der Waals surface area (Å²) in [7, 11) is 0. The standard InChI is InChI=1S/C12H11F3N2O2/c13-12(14,15)8-2-1-7-3-4-17(6-10(16)18)11(19)9(7)5-8/h1-2,5H,3-4,6H2,(H2,16,18). The van der Waals surface area contributed by atoms with Crippen LogP contribution in [0.4, 0.5) is 13.2 Å². The number of hydrogen-bond acceptors (Lipinski definition) is 2. The molecule has 0 fully saturated rings. The van der Waals surface area contributed by atoms with E-state index < -0.39 is 23.6 Å². The van der Waals surface area contributed by atoms with Crippen molar-refractivity contribution in [2.24, 2.45) is 5.73 Å². The molecule has 102 valence electrons. The van der Waals surface area contributed by atoms with Crippen molar-refractivity contribution in [2.75, 3.05) is 13.1 Å². The fraction of sp³-hybridized carbons (Fsp3) is 0.333. The number of primary amides is 1. The summed E-state index contributed by atoms with van der Waals surface area (Å²) in [5.74, 6) is -1.28. The first-order chi connectivity index (χ1) is 8.79. The Morgan fingerprint density at radius 1 is 1.37 bits per heavy atom. The van der Waals surface area contributed by atoms with Crippen LogP contribution in [0.2, 0.25) is 0 Å². The van der Waals surface area contributed by atoms with Gasteiger partial charge >= 0.3 is 6.18 Å². The van der Waals surface area contributed by atoms with Crippen LogP contribution in [0, 0.1) is 0 Å². The molecule has 0 saturated carbocycles. The summed E-state index contributed by atoms with van der Waals surface area (Å²) < 4.78 is 37.8. The number of rotatable bonds is 2.